The summed E-state index contributed by atoms with van der Waals surface area (Å²) in [6, 6.07) is 3.95. The van der Waals surface area contributed by atoms with Crippen molar-refractivity contribution in [1.82, 2.24) is 10.3 Å². The quantitative estimate of drug-likeness (QED) is 0.873. The lowest BCUT2D eigenvalue weighted by Gasteiger charge is -2.34. The summed E-state index contributed by atoms with van der Waals surface area (Å²) in [6.07, 6.45) is 3.24. The number of nitrogens with one attached hydrogen (secondary N) is 1. The van der Waals surface area contributed by atoms with Crippen LogP contribution in [0.2, 0.25) is 0 Å². The average molecular weight is 292 g/mol. The van der Waals surface area contributed by atoms with Crippen LogP contribution in [-0.2, 0) is 4.74 Å². The van der Waals surface area contributed by atoms with Crippen molar-refractivity contribution < 1.29 is 9.53 Å². The maximum Gasteiger partial charge on any atom is 0.407 e. The van der Waals surface area contributed by atoms with Gasteiger partial charge in [0.1, 0.15) is 11.4 Å². The number of rotatable bonds is 2. The SMILES string of the molecule is CC(C)(C)OC(=O)NC1CCN(c2ccc(N)nc2)CC1. The van der Waals surface area contributed by atoms with Gasteiger partial charge in [-0.2, -0.15) is 0 Å². The second-order valence-electron chi connectivity index (χ2n) is 6.35. The molecule has 1 aromatic heterocycles. The minimum atomic E-state index is -0.458. The summed E-state index contributed by atoms with van der Waals surface area (Å²) < 4.78 is 5.28. The van der Waals surface area contributed by atoms with E-state index in [4.69, 9.17) is 10.5 Å². The molecule has 0 unspecified atom stereocenters. The van der Waals surface area contributed by atoms with Crippen molar-refractivity contribution in [2.45, 2.75) is 45.3 Å². The van der Waals surface area contributed by atoms with Gasteiger partial charge in [-0.1, -0.05) is 0 Å². The summed E-state index contributed by atoms with van der Waals surface area (Å²) in [6.45, 7) is 7.36. The lowest BCUT2D eigenvalue weighted by molar-refractivity contribution is 0.0497. The van der Waals surface area contributed by atoms with Gasteiger partial charge in [0.2, 0.25) is 0 Å². The summed E-state index contributed by atoms with van der Waals surface area (Å²) in [4.78, 5) is 18.1. The van der Waals surface area contributed by atoms with Crippen LogP contribution in [0.4, 0.5) is 16.3 Å². The van der Waals surface area contributed by atoms with E-state index in [0.29, 0.717) is 5.82 Å². The Morgan fingerprint density at radius 1 is 1.38 bits per heavy atom. The first-order valence-corrected chi connectivity index (χ1v) is 7.29. The summed E-state index contributed by atoms with van der Waals surface area (Å²) >= 11 is 0. The minimum absolute atomic E-state index is 0.165. The van der Waals surface area contributed by atoms with E-state index in [1.807, 2.05) is 26.8 Å². The van der Waals surface area contributed by atoms with Crippen molar-refractivity contribution in [2.75, 3.05) is 23.7 Å². The summed E-state index contributed by atoms with van der Waals surface area (Å²) in [5.74, 6) is 0.528. The summed E-state index contributed by atoms with van der Waals surface area (Å²) in [5.41, 5.74) is 6.20. The van der Waals surface area contributed by atoms with Gasteiger partial charge in [0.05, 0.1) is 11.9 Å². The number of anilines is 2. The number of pyridine rings is 1. The Hall–Kier alpha value is -1.98. The zero-order valence-electron chi connectivity index (χ0n) is 12.9. The van der Waals surface area contributed by atoms with Gasteiger partial charge in [-0.15, -0.1) is 0 Å². The molecular weight excluding hydrogens is 268 g/mol. The molecule has 0 spiro atoms. The number of aromatic nitrogens is 1. The third-order valence-corrected chi connectivity index (χ3v) is 3.35. The molecule has 6 heteroatoms. The Morgan fingerprint density at radius 3 is 2.57 bits per heavy atom. The van der Waals surface area contributed by atoms with Crippen LogP contribution in [0.5, 0.6) is 0 Å². The van der Waals surface area contributed by atoms with Gasteiger partial charge >= 0.3 is 6.09 Å². The molecule has 116 valence electrons. The van der Waals surface area contributed by atoms with Gasteiger partial charge < -0.3 is 20.7 Å². The zero-order valence-corrected chi connectivity index (χ0v) is 12.9. The Balaban J connectivity index is 1.80. The van der Waals surface area contributed by atoms with Crippen molar-refractivity contribution in [2.24, 2.45) is 0 Å². The van der Waals surface area contributed by atoms with Gasteiger partial charge in [-0.05, 0) is 45.7 Å². The molecule has 0 radical (unpaired) electrons. The molecule has 0 bridgehead atoms. The van der Waals surface area contributed by atoms with E-state index >= 15 is 0 Å². The predicted molar refractivity (Wildman–Crippen MR) is 83.3 cm³/mol. The van der Waals surface area contributed by atoms with Crippen LogP contribution >= 0.6 is 0 Å². The largest absolute Gasteiger partial charge is 0.444 e. The third kappa shape index (κ3) is 4.81. The Kier molecular flexibility index (Phi) is 4.55. The number of ether oxygens (including phenoxy) is 1. The maximum absolute atomic E-state index is 11.7. The number of carbonyl (C=O) groups excluding carboxylic acids is 1. The Morgan fingerprint density at radius 2 is 2.05 bits per heavy atom. The van der Waals surface area contributed by atoms with Crippen LogP contribution in [0, 0.1) is 0 Å². The van der Waals surface area contributed by atoms with E-state index in [-0.39, 0.29) is 12.1 Å². The summed E-state index contributed by atoms with van der Waals surface area (Å²) in [5, 5.41) is 2.93. The molecule has 1 aromatic rings. The Bertz CT molecular complexity index is 473. The van der Waals surface area contributed by atoms with Crippen LogP contribution in [0.15, 0.2) is 18.3 Å². The van der Waals surface area contributed by atoms with Crippen molar-refractivity contribution >= 4 is 17.6 Å². The van der Waals surface area contributed by atoms with E-state index < -0.39 is 5.60 Å². The van der Waals surface area contributed by atoms with E-state index in [1.165, 1.54) is 0 Å². The first-order valence-electron chi connectivity index (χ1n) is 7.29. The predicted octanol–water partition coefficient (Wildman–Crippen LogP) is 2.16. The second-order valence-corrected chi connectivity index (χ2v) is 6.35. The number of hydrogen-bond donors (Lipinski definition) is 2. The second kappa shape index (κ2) is 6.20. The fourth-order valence-corrected chi connectivity index (χ4v) is 2.34. The monoisotopic (exact) mass is 292 g/mol. The van der Waals surface area contributed by atoms with Crippen molar-refractivity contribution in [3.63, 3.8) is 0 Å². The van der Waals surface area contributed by atoms with Crippen molar-refractivity contribution in [3.05, 3.63) is 18.3 Å². The average Bonchev–Trinajstić information content (AvgIpc) is 2.38. The molecule has 2 rings (SSSR count). The highest BCUT2D eigenvalue weighted by molar-refractivity contribution is 5.68. The smallest absolute Gasteiger partial charge is 0.407 e. The molecule has 6 nitrogen and oxygen atoms in total. The maximum atomic E-state index is 11.7. The molecule has 0 saturated carbocycles. The molecule has 1 saturated heterocycles. The topological polar surface area (TPSA) is 80.5 Å². The van der Waals surface area contributed by atoms with E-state index in [2.05, 4.69) is 15.2 Å². The van der Waals surface area contributed by atoms with Crippen LogP contribution < -0.4 is 16.0 Å². The van der Waals surface area contributed by atoms with Gasteiger partial charge in [0.15, 0.2) is 0 Å². The highest BCUT2D eigenvalue weighted by Gasteiger charge is 2.23. The lowest BCUT2D eigenvalue weighted by atomic mass is 10.0. The molecule has 1 amide bonds. The van der Waals surface area contributed by atoms with Gasteiger partial charge in [0.25, 0.3) is 0 Å². The molecule has 1 fully saturated rings. The number of piperidine rings is 1. The first-order chi connectivity index (χ1) is 9.83. The molecule has 0 atom stereocenters. The Labute approximate surface area is 125 Å². The fraction of sp³-hybridized carbons (Fsp3) is 0.600. The molecular formula is C15H24N4O2. The normalized spacial score (nSPS) is 16.6. The molecule has 1 aliphatic rings. The van der Waals surface area contributed by atoms with Crippen LogP contribution in [0.1, 0.15) is 33.6 Å². The van der Waals surface area contributed by atoms with Gasteiger partial charge in [-0.3, -0.25) is 0 Å². The zero-order chi connectivity index (χ0) is 15.5. The highest BCUT2D eigenvalue weighted by Crippen LogP contribution is 2.20. The number of nitrogen functional groups attached to an aromatic ring is 1. The van der Waals surface area contributed by atoms with Crippen molar-refractivity contribution in [1.29, 1.82) is 0 Å². The molecule has 21 heavy (non-hydrogen) atoms. The van der Waals surface area contributed by atoms with Gasteiger partial charge in [0, 0.05) is 19.1 Å². The lowest BCUT2D eigenvalue weighted by Crippen LogP contribution is -2.46. The number of alkyl carbamates (subject to hydrolysis) is 1. The number of nitrogens with two attached hydrogens (primary N) is 1. The molecule has 1 aliphatic heterocycles. The number of amides is 1. The van der Waals surface area contributed by atoms with Gasteiger partial charge in [-0.25, -0.2) is 9.78 Å². The van der Waals surface area contributed by atoms with Crippen LogP contribution in [-0.4, -0.2) is 35.8 Å². The molecule has 2 heterocycles. The van der Waals surface area contributed by atoms with E-state index in [9.17, 15) is 4.79 Å². The molecule has 0 aromatic carbocycles. The van der Waals surface area contributed by atoms with Crippen LogP contribution in [0.3, 0.4) is 0 Å². The standard InChI is InChI=1S/C15H24N4O2/c1-15(2,3)21-14(20)18-11-6-8-19(9-7-11)12-4-5-13(16)17-10-12/h4-5,10-11H,6-9H2,1-3H3,(H2,16,17)(H,18,20). The van der Waals surface area contributed by atoms with Crippen molar-refractivity contribution in [3.8, 4) is 0 Å². The van der Waals surface area contributed by atoms with E-state index in [1.54, 1.807) is 12.3 Å². The molecule has 0 aliphatic carbocycles. The van der Waals surface area contributed by atoms with E-state index in [0.717, 1.165) is 31.6 Å². The fourth-order valence-electron chi connectivity index (χ4n) is 2.34. The number of hydrogen-bond acceptors (Lipinski definition) is 5. The molecule has 3 N–H and O–H groups in total. The first kappa shape index (κ1) is 15.4. The number of carbonyl (C=O) groups is 1. The summed E-state index contributed by atoms with van der Waals surface area (Å²) in [7, 11) is 0. The highest BCUT2D eigenvalue weighted by atomic mass is 16.6. The van der Waals surface area contributed by atoms with Crippen LogP contribution in [0.25, 0.3) is 0 Å². The third-order valence-electron chi connectivity index (χ3n) is 3.35. The minimum Gasteiger partial charge on any atom is -0.444 e. The number of nitrogens with zero attached hydrogens (tertiary/aromatic N) is 2.